The summed E-state index contributed by atoms with van der Waals surface area (Å²) in [6, 6.07) is 48.9. The quantitative estimate of drug-likeness (QED) is 0.0496. The van der Waals surface area contributed by atoms with Crippen molar-refractivity contribution in [2.24, 2.45) is 5.16 Å². The van der Waals surface area contributed by atoms with Crippen molar-refractivity contribution in [1.82, 2.24) is 19.6 Å². The highest BCUT2D eigenvalue weighted by molar-refractivity contribution is 8.00. The van der Waals surface area contributed by atoms with Crippen LogP contribution in [0, 0.1) is 0 Å². The second-order valence-corrected chi connectivity index (χ2v) is 18.7. The van der Waals surface area contributed by atoms with Crippen LogP contribution in [-0.4, -0.2) is 67.3 Å². The molecular formula is C45H39N6O5PS2. The number of benzene rings is 5. The van der Waals surface area contributed by atoms with E-state index >= 15 is 4.79 Å². The van der Waals surface area contributed by atoms with Gasteiger partial charge in [-0.25, -0.2) is 4.79 Å². The minimum Gasteiger partial charge on any atom is -0.448 e. The van der Waals surface area contributed by atoms with Gasteiger partial charge < -0.3 is 20.6 Å². The van der Waals surface area contributed by atoms with Gasteiger partial charge in [-0.15, -0.1) is 11.8 Å². The van der Waals surface area contributed by atoms with Gasteiger partial charge in [0.25, 0.3) is 11.8 Å². The van der Waals surface area contributed by atoms with E-state index in [2.05, 4.69) is 62.0 Å². The highest BCUT2D eigenvalue weighted by Crippen LogP contribution is 2.48. The predicted molar refractivity (Wildman–Crippen MR) is 237 cm³/mol. The summed E-state index contributed by atoms with van der Waals surface area (Å²) < 4.78 is 10.7. The second kappa shape index (κ2) is 17.7. The molecule has 59 heavy (non-hydrogen) atoms. The number of nitrogens with one attached hydrogen (secondary N) is 1. The molecule has 5 aromatic carbocycles. The zero-order valence-corrected chi connectivity index (χ0v) is 34.4. The SMILES string of the molecule is CCON=C(C(=O)NC1C(=O)N2C(C(=O)OC(c3ccccc3)c3ccccc3)=C(C=P(c3ccccc3)(c3ccccc3)c3ccccc3)CS[C@H]12)c1nsc(N)n1. The van der Waals surface area contributed by atoms with Crippen LogP contribution in [0.2, 0.25) is 0 Å². The minimum atomic E-state index is -2.65. The molecule has 3 N–H and O–H groups in total. The summed E-state index contributed by atoms with van der Waals surface area (Å²) in [7, 11) is 0. The summed E-state index contributed by atoms with van der Waals surface area (Å²) in [5, 5.41) is 9.51. The third-order valence-electron chi connectivity index (χ3n) is 9.90. The Morgan fingerprint density at radius 1 is 0.847 bits per heavy atom. The maximum atomic E-state index is 15.1. The number of β-lactam (4-membered cyclic amide) rings is 1. The van der Waals surface area contributed by atoms with E-state index in [0.717, 1.165) is 38.6 Å². The fourth-order valence-electron chi connectivity index (χ4n) is 7.23. The van der Waals surface area contributed by atoms with Crippen molar-refractivity contribution >= 4 is 80.5 Å². The Balaban J connectivity index is 1.28. The molecule has 3 heterocycles. The van der Waals surface area contributed by atoms with E-state index in [4.69, 9.17) is 15.3 Å². The first-order valence-corrected chi connectivity index (χ1v) is 22.6. The lowest BCUT2D eigenvalue weighted by Gasteiger charge is -2.49. The molecule has 296 valence electrons. The Morgan fingerprint density at radius 3 is 1.83 bits per heavy atom. The number of ether oxygens (including phenoxy) is 1. The number of rotatable bonds is 13. The number of aromatic nitrogens is 2. The van der Waals surface area contributed by atoms with E-state index in [1.165, 1.54) is 16.7 Å². The van der Waals surface area contributed by atoms with Gasteiger partial charge in [-0.1, -0.05) is 157 Å². The summed E-state index contributed by atoms with van der Waals surface area (Å²) in [6.07, 6.45) is -0.772. The van der Waals surface area contributed by atoms with Crippen LogP contribution < -0.4 is 27.0 Å². The van der Waals surface area contributed by atoms with Crippen LogP contribution >= 0.6 is 30.2 Å². The molecule has 8 rings (SSSR count). The molecule has 2 amide bonds. The lowest BCUT2D eigenvalue weighted by atomic mass is 10.0. The standard InChI is InChI=1S/C45H39N6O5PS2/c1-2-55-49-36(40-48-45(46)59-50-40)41(52)47-37-42(53)51-38(44(54)56-39(30-18-8-3-9-19-30)31-20-10-4-11-21-31)32(29-58-43(37)51)28-57(33-22-12-5-13-23-33,34-24-14-6-15-25-34)35-26-16-7-17-27-35/h3-28,37,39,43H,2,29H2,1H3,(H,47,52)(H2,46,48,50)/t37?,43-/m1/s1. The highest BCUT2D eigenvalue weighted by atomic mass is 32.2. The fraction of sp³-hybridized carbons (Fsp3) is 0.133. The van der Waals surface area contributed by atoms with E-state index in [1.807, 2.05) is 115 Å². The Hall–Kier alpha value is -6.27. The number of nitrogens with zero attached hydrogens (tertiary/aromatic N) is 4. The van der Waals surface area contributed by atoms with Gasteiger partial charge in [0.05, 0.1) is 0 Å². The molecule has 1 unspecified atom stereocenters. The molecule has 0 spiro atoms. The molecule has 1 fully saturated rings. The smallest absolute Gasteiger partial charge is 0.356 e. The molecule has 14 heteroatoms. The largest absolute Gasteiger partial charge is 0.448 e. The number of thioether (sulfide) groups is 1. The summed E-state index contributed by atoms with van der Waals surface area (Å²) in [5.74, 6) is 0.674. The number of anilines is 1. The van der Waals surface area contributed by atoms with Gasteiger partial charge in [-0.05, 0) is 52.2 Å². The monoisotopic (exact) mass is 838 g/mol. The van der Waals surface area contributed by atoms with Crippen LogP contribution in [0.25, 0.3) is 0 Å². The van der Waals surface area contributed by atoms with Gasteiger partial charge >= 0.3 is 5.97 Å². The van der Waals surface area contributed by atoms with Gasteiger partial charge in [0, 0.05) is 17.3 Å². The second-order valence-electron chi connectivity index (χ2n) is 13.5. The lowest BCUT2D eigenvalue weighted by Crippen LogP contribution is -2.71. The number of amides is 2. The number of hydrogen-bond acceptors (Lipinski definition) is 11. The summed E-state index contributed by atoms with van der Waals surface area (Å²) in [5.41, 5.74) is 7.94. The molecule has 2 aliphatic rings. The number of esters is 1. The van der Waals surface area contributed by atoms with Crippen molar-refractivity contribution in [3.63, 3.8) is 0 Å². The normalized spacial score (nSPS) is 16.5. The lowest BCUT2D eigenvalue weighted by molar-refractivity contribution is -0.154. The average molecular weight is 839 g/mol. The van der Waals surface area contributed by atoms with Crippen LogP contribution in [0.3, 0.4) is 0 Å². The molecule has 6 aromatic rings. The predicted octanol–water partition coefficient (Wildman–Crippen LogP) is 5.64. The Bertz CT molecular complexity index is 2430. The van der Waals surface area contributed by atoms with Crippen molar-refractivity contribution in [1.29, 1.82) is 0 Å². The first-order chi connectivity index (χ1) is 28.9. The maximum Gasteiger partial charge on any atom is 0.356 e. The van der Waals surface area contributed by atoms with Crippen molar-refractivity contribution in [2.45, 2.75) is 24.4 Å². The summed E-state index contributed by atoms with van der Waals surface area (Å²) in [4.78, 5) is 54.1. The van der Waals surface area contributed by atoms with Crippen molar-refractivity contribution in [2.75, 3.05) is 18.1 Å². The Kier molecular flexibility index (Phi) is 11.9. The topological polar surface area (TPSA) is 149 Å². The number of nitrogen functional groups attached to an aromatic ring is 1. The molecular weight excluding hydrogens is 800 g/mol. The van der Waals surface area contributed by atoms with Crippen LogP contribution in [0.4, 0.5) is 5.13 Å². The number of hydrogen-bond donors (Lipinski definition) is 2. The molecule has 0 aliphatic carbocycles. The number of nitrogens with two attached hydrogens (primary N) is 1. The first-order valence-electron chi connectivity index (χ1n) is 18.9. The molecule has 2 atom stereocenters. The zero-order chi connectivity index (χ0) is 40.8. The van der Waals surface area contributed by atoms with E-state index < -0.39 is 42.2 Å². The van der Waals surface area contributed by atoms with Gasteiger partial charge in [0.2, 0.25) is 11.5 Å². The molecule has 2 aliphatic heterocycles. The van der Waals surface area contributed by atoms with Gasteiger partial charge in [-0.3, -0.25) is 14.5 Å². The van der Waals surface area contributed by atoms with Crippen molar-refractivity contribution in [3.05, 3.63) is 180 Å². The Labute approximate surface area is 350 Å². The van der Waals surface area contributed by atoms with E-state index in [1.54, 1.807) is 6.92 Å². The van der Waals surface area contributed by atoms with E-state index in [-0.39, 0.29) is 29.0 Å². The van der Waals surface area contributed by atoms with E-state index in [9.17, 15) is 9.59 Å². The summed E-state index contributed by atoms with van der Waals surface area (Å²) >= 11 is 2.36. The Morgan fingerprint density at radius 2 is 1.36 bits per heavy atom. The first kappa shape index (κ1) is 39.6. The fourth-order valence-corrected chi connectivity index (χ4v) is 13.0. The van der Waals surface area contributed by atoms with Crippen LogP contribution in [-0.2, 0) is 24.0 Å². The van der Waals surface area contributed by atoms with Gasteiger partial charge in [0.1, 0.15) is 23.7 Å². The molecule has 0 radical (unpaired) electrons. The van der Waals surface area contributed by atoms with Gasteiger partial charge in [0.15, 0.2) is 11.2 Å². The van der Waals surface area contributed by atoms with Crippen molar-refractivity contribution in [3.8, 4) is 0 Å². The third-order valence-corrected chi connectivity index (χ3v) is 15.8. The molecule has 1 aromatic heterocycles. The maximum absolute atomic E-state index is 15.1. The third kappa shape index (κ3) is 7.97. The molecule has 11 nitrogen and oxygen atoms in total. The highest BCUT2D eigenvalue weighted by Gasteiger charge is 2.55. The molecule has 0 saturated carbocycles. The number of carbonyl (C=O) groups is 3. The van der Waals surface area contributed by atoms with Crippen LogP contribution in [0.1, 0.15) is 30.0 Å². The van der Waals surface area contributed by atoms with Gasteiger partial charge in [-0.2, -0.15) is 9.36 Å². The van der Waals surface area contributed by atoms with E-state index in [0.29, 0.717) is 11.3 Å². The zero-order valence-electron chi connectivity index (χ0n) is 31.8. The number of fused-ring (bicyclic) bond motifs is 1. The van der Waals surface area contributed by atoms with Crippen molar-refractivity contribution < 1.29 is 24.0 Å². The van der Waals surface area contributed by atoms with Crippen LogP contribution in [0.5, 0.6) is 0 Å². The summed E-state index contributed by atoms with van der Waals surface area (Å²) in [6.45, 7) is -0.740. The molecule has 0 bridgehead atoms. The number of oxime groups is 1. The average Bonchev–Trinajstić information content (AvgIpc) is 3.73. The van der Waals surface area contributed by atoms with Crippen LogP contribution in [0.15, 0.2) is 168 Å². The minimum absolute atomic E-state index is 0.0182. The molecule has 1 saturated heterocycles. The number of carbonyl (C=O) groups excluding carboxylic acids is 3.